The average molecular weight is 367 g/mol. The molecule has 3 aromatic rings. The molecule has 6 nitrogen and oxygen atoms in total. The molecule has 24 heavy (non-hydrogen) atoms. The monoisotopic (exact) mass is 366 g/mol. The molecule has 1 heterocycles. The summed E-state index contributed by atoms with van der Waals surface area (Å²) >= 11 is 0. The summed E-state index contributed by atoms with van der Waals surface area (Å²) in [5.74, 6) is -0.537. The van der Waals surface area contributed by atoms with Crippen molar-refractivity contribution in [2.45, 2.75) is 4.90 Å². The number of hydrogen-bond acceptors (Lipinski definition) is 6. The minimum Gasteiger partial charge on any atom is -0.507 e. The van der Waals surface area contributed by atoms with Gasteiger partial charge in [0.05, 0.1) is 7.11 Å². The number of phenols is 1. The molecule has 0 fully saturated rings. The molecule has 0 aliphatic rings. The van der Waals surface area contributed by atoms with Gasteiger partial charge in [0.1, 0.15) is 22.6 Å². The first-order valence-electron chi connectivity index (χ1n) is 6.71. The predicted octanol–water partition coefficient (Wildman–Crippen LogP) is 3.10. The van der Waals surface area contributed by atoms with E-state index in [0.29, 0.717) is 5.56 Å². The van der Waals surface area contributed by atoms with Crippen LogP contribution in [0.1, 0.15) is 0 Å². The number of rotatable bonds is 3. The normalized spacial score (nSPS) is 11.6. The average Bonchev–Trinajstić information content (AvgIpc) is 2.53. The summed E-state index contributed by atoms with van der Waals surface area (Å²) in [4.78, 5) is 11.9. The molecule has 1 aromatic heterocycles. The van der Waals surface area contributed by atoms with Gasteiger partial charge in [0.2, 0.25) is 0 Å². The van der Waals surface area contributed by atoms with E-state index in [0.717, 1.165) is 6.07 Å². The first-order chi connectivity index (χ1) is 11.3. The van der Waals surface area contributed by atoms with Crippen LogP contribution in [0, 0.1) is 0 Å². The molecule has 0 radical (unpaired) electrons. The van der Waals surface area contributed by atoms with Crippen molar-refractivity contribution >= 4 is 30.7 Å². The second kappa shape index (κ2) is 5.85. The zero-order valence-corrected chi connectivity index (χ0v) is 13.9. The molecule has 0 unspecified atom stereocenters. The second-order valence-corrected chi connectivity index (χ2v) is 7.41. The van der Waals surface area contributed by atoms with E-state index in [1.807, 2.05) is 0 Å². The number of phenolic OH excluding ortho intramolecular Hbond substituents is 1. The largest absolute Gasteiger partial charge is 0.507 e. The van der Waals surface area contributed by atoms with Crippen LogP contribution in [0.15, 0.2) is 56.6 Å². The molecule has 0 atom stereocenters. The minimum absolute atomic E-state index is 0.141. The maximum absolute atomic E-state index is 12.4. The van der Waals surface area contributed by atoms with E-state index in [1.54, 1.807) is 30.3 Å². The van der Waals surface area contributed by atoms with Crippen molar-refractivity contribution in [2.75, 3.05) is 7.11 Å². The van der Waals surface area contributed by atoms with Crippen LogP contribution in [0.4, 0.5) is 0 Å². The third-order valence-corrected chi connectivity index (χ3v) is 4.76. The zero-order chi connectivity index (χ0) is 17.5. The molecule has 2 aromatic carbocycles. The highest BCUT2D eigenvalue weighted by Crippen LogP contribution is 2.39. The summed E-state index contributed by atoms with van der Waals surface area (Å²) in [6, 6.07) is 10.8. The Morgan fingerprint density at radius 2 is 1.83 bits per heavy atom. The van der Waals surface area contributed by atoms with E-state index in [-0.39, 0.29) is 22.5 Å². The Balaban J connectivity index is 2.51. The fraction of sp³-hybridized carbons (Fsp3) is 0.0625. The summed E-state index contributed by atoms with van der Waals surface area (Å²) in [6.07, 6.45) is 0. The van der Waals surface area contributed by atoms with Gasteiger partial charge in [-0.3, -0.25) is 4.79 Å². The Morgan fingerprint density at radius 1 is 1.17 bits per heavy atom. The van der Waals surface area contributed by atoms with Crippen molar-refractivity contribution in [1.29, 1.82) is 0 Å². The van der Waals surface area contributed by atoms with Gasteiger partial charge in [-0.1, -0.05) is 30.3 Å². The first kappa shape index (κ1) is 16.4. The van der Waals surface area contributed by atoms with Crippen LogP contribution in [0.25, 0.3) is 22.3 Å². The van der Waals surface area contributed by atoms with Crippen LogP contribution in [0.2, 0.25) is 0 Å². The maximum atomic E-state index is 12.4. The lowest BCUT2D eigenvalue weighted by atomic mass is 10.1. The molecule has 0 aliphatic carbocycles. The van der Waals surface area contributed by atoms with E-state index < -0.39 is 25.1 Å². The number of methoxy groups -OCH3 is 1. The molecule has 0 saturated heterocycles. The van der Waals surface area contributed by atoms with Crippen molar-refractivity contribution in [3.63, 3.8) is 0 Å². The van der Waals surface area contributed by atoms with E-state index >= 15 is 0 Å². The van der Waals surface area contributed by atoms with Gasteiger partial charge in [0.15, 0.2) is 15.9 Å². The van der Waals surface area contributed by atoms with Gasteiger partial charge in [0.25, 0.3) is 9.05 Å². The molecule has 0 amide bonds. The van der Waals surface area contributed by atoms with Gasteiger partial charge in [-0.25, -0.2) is 8.42 Å². The number of ether oxygens (including phenoxy) is 1. The lowest BCUT2D eigenvalue weighted by molar-refractivity contribution is 0.396. The van der Waals surface area contributed by atoms with E-state index in [2.05, 4.69) is 0 Å². The van der Waals surface area contributed by atoms with E-state index in [4.69, 9.17) is 19.8 Å². The molecule has 0 saturated carbocycles. The molecule has 0 bridgehead atoms. The van der Waals surface area contributed by atoms with Crippen molar-refractivity contribution < 1.29 is 22.7 Å². The SMILES string of the molecule is COc1cc(O)c2c(=O)cc(-c3ccccc3)oc2c1S(=O)(=O)Cl. The smallest absolute Gasteiger partial charge is 0.268 e. The molecule has 0 spiro atoms. The highest BCUT2D eigenvalue weighted by Gasteiger charge is 2.27. The minimum atomic E-state index is -4.30. The van der Waals surface area contributed by atoms with Crippen LogP contribution >= 0.6 is 10.7 Å². The van der Waals surface area contributed by atoms with Gasteiger partial charge in [-0.05, 0) is 0 Å². The molecule has 3 rings (SSSR count). The van der Waals surface area contributed by atoms with Crippen LogP contribution in [-0.2, 0) is 9.05 Å². The summed E-state index contributed by atoms with van der Waals surface area (Å²) in [6.45, 7) is 0. The zero-order valence-electron chi connectivity index (χ0n) is 12.3. The Hall–Kier alpha value is -2.51. The highest BCUT2D eigenvalue weighted by molar-refractivity contribution is 8.14. The molecular weight excluding hydrogens is 356 g/mol. The predicted molar refractivity (Wildman–Crippen MR) is 89.2 cm³/mol. The van der Waals surface area contributed by atoms with Crippen LogP contribution in [0.5, 0.6) is 11.5 Å². The maximum Gasteiger partial charge on any atom is 0.268 e. The van der Waals surface area contributed by atoms with Gasteiger partial charge < -0.3 is 14.3 Å². The second-order valence-electron chi connectivity index (χ2n) is 4.91. The third kappa shape index (κ3) is 2.72. The molecule has 124 valence electrons. The Labute approximate surface area is 141 Å². The standard InChI is InChI=1S/C16H11ClO6S/c1-22-13-8-11(19)14-10(18)7-12(9-5-3-2-4-6-9)23-15(14)16(13)24(17,20)21/h2-8,19H,1H3. The van der Waals surface area contributed by atoms with E-state index in [1.165, 1.54) is 13.2 Å². The van der Waals surface area contributed by atoms with Gasteiger partial charge in [-0.15, -0.1) is 0 Å². The lowest BCUT2D eigenvalue weighted by Gasteiger charge is -2.11. The number of fused-ring (bicyclic) bond motifs is 1. The number of aromatic hydroxyl groups is 1. The first-order valence-corrected chi connectivity index (χ1v) is 9.01. The number of halogens is 1. The molecule has 8 heteroatoms. The molecular formula is C16H11ClO6S. The molecule has 1 N–H and O–H groups in total. The summed E-state index contributed by atoms with van der Waals surface area (Å²) in [5, 5.41) is 9.76. The summed E-state index contributed by atoms with van der Waals surface area (Å²) in [5.41, 5.74) is -0.387. The lowest BCUT2D eigenvalue weighted by Crippen LogP contribution is -2.05. The Kier molecular flexibility index (Phi) is 3.98. The van der Waals surface area contributed by atoms with Crippen molar-refractivity contribution in [2.24, 2.45) is 0 Å². The Bertz CT molecular complexity index is 1090. The van der Waals surface area contributed by atoms with E-state index in [9.17, 15) is 18.3 Å². The summed E-state index contributed by atoms with van der Waals surface area (Å²) in [7, 11) is 2.39. The van der Waals surface area contributed by atoms with Crippen molar-refractivity contribution in [3.8, 4) is 22.8 Å². The van der Waals surface area contributed by atoms with Crippen molar-refractivity contribution in [3.05, 3.63) is 52.7 Å². The van der Waals surface area contributed by atoms with Gasteiger partial charge >= 0.3 is 0 Å². The molecule has 0 aliphatic heterocycles. The third-order valence-electron chi connectivity index (χ3n) is 3.42. The highest BCUT2D eigenvalue weighted by atomic mass is 35.7. The fourth-order valence-electron chi connectivity index (χ4n) is 2.40. The van der Waals surface area contributed by atoms with Gasteiger partial charge in [-0.2, -0.15) is 0 Å². The quantitative estimate of drug-likeness (QED) is 0.716. The summed E-state index contributed by atoms with van der Waals surface area (Å²) < 4.78 is 34.4. The van der Waals surface area contributed by atoms with Crippen molar-refractivity contribution in [1.82, 2.24) is 0 Å². The van der Waals surface area contributed by atoms with Crippen LogP contribution < -0.4 is 10.2 Å². The van der Waals surface area contributed by atoms with Crippen LogP contribution in [0.3, 0.4) is 0 Å². The number of hydrogen-bond donors (Lipinski definition) is 1. The number of benzene rings is 2. The fourth-order valence-corrected chi connectivity index (χ4v) is 3.58. The topological polar surface area (TPSA) is 93.8 Å². The Morgan fingerprint density at radius 3 is 2.42 bits per heavy atom. The van der Waals surface area contributed by atoms with Gasteiger partial charge in [0, 0.05) is 28.4 Å². The van der Waals surface area contributed by atoms with Crippen LogP contribution in [-0.4, -0.2) is 20.6 Å².